The summed E-state index contributed by atoms with van der Waals surface area (Å²) in [6.07, 6.45) is 0.580. The summed E-state index contributed by atoms with van der Waals surface area (Å²) in [5, 5.41) is 5.83. The Morgan fingerprint density at radius 2 is 0.964 bits per heavy atom. The summed E-state index contributed by atoms with van der Waals surface area (Å²) in [6, 6.07) is 22.9. The fraction of sp³-hybridized carbons (Fsp3) is 0.167. The number of nitrogens with one attached hydrogen (secondary N) is 2. The smallest absolute Gasteiger partial charge is 0.228 e. The first kappa shape index (κ1) is 19.4. The SMILES string of the molecule is Cc1ccccc1CC(=O)Nc1ccccc1NC(=O)Cc1ccccc1C. The molecule has 0 saturated carbocycles. The highest BCUT2D eigenvalue weighted by Gasteiger charge is 2.12. The van der Waals surface area contributed by atoms with Crippen LogP contribution in [-0.2, 0) is 22.4 Å². The van der Waals surface area contributed by atoms with Gasteiger partial charge in [-0.25, -0.2) is 0 Å². The molecule has 0 aliphatic carbocycles. The van der Waals surface area contributed by atoms with E-state index in [9.17, 15) is 9.59 Å². The maximum Gasteiger partial charge on any atom is 0.228 e. The number of anilines is 2. The van der Waals surface area contributed by atoms with E-state index in [0.717, 1.165) is 22.3 Å². The minimum absolute atomic E-state index is 0.116. The van der Waals surface area contributed by atoms with Crippen molar-refractivity contribution in [2.75, 3.05) is 10.6 Å². The molecular weight excluding hydrogens is 348 g/mol. The molecule has 3 aromatic rings. The molecule has 0 atom stereocenters. The van der Waals surface area contributed by atoms with Crippen molar-refractivity contribution >= 4 is 23.2 Å². The fourth-order valence-corrected chi connectivity index (χ4v) is 3.05. The van der Waals surface area contributed by atoms with Gasteiger partial charge in [-0.2, -0.15) is 0 Å². The first-order valence-electron chi connectivity index (χ1n) is 9.30. The molecule has 0 bridgehead atoms. The number of rotatable bonds is 6. The summed E-state index contributed by atoms with van der Waals surface area (Å²) in [5.41, 5.74) is 5.33. The van der Waals surface area contributed by atoms with Crippen LogP contribution < -0.4 is 10.6 Å². The highest BCUT2D eigenvalue weighted by atomic mass is 16.2. The van der Waals surface area contributed by atoms with E-state index < -0.39 is 0 Å². The van der Waals surface area contributed by atoms with Crippen LogP contribution in [0.2, 0.25) is 0 Å². The Hall–Kier alpha value is -3.40. The Morgan fingerprint density at radius 1 is 0.607 bits per heavy atom. The zero-order valence-corrected chi connectivity index (χ0v) is 16.2. The second kappa shape index (κ2) is 9.00. The Kier molecular flexibility index (Phi) is 6.22. The number of hydrogen-bond acceptors (Lipinski definition) is 2. The van der Waals surface area contributed by atoms with Gasteiger partial charge in [-0.05, 0) is 48.2 Å². The molecule has 4 nitrogen and oxygen atoms in total. The van der Waals surface area contributed by atoms with Crippen molar-refractivity contribution in [3.8, 4) is 0 Å². The van der Waals surface area contributed by atoms with Gasteiger partial charge in [0.2, 0.25) is 11.8 Å². The topological polar surface area (TPSA) is 58.2 Å². The van der Waals surface area contributed by atoms with Crippen molar-refractivity contribution < 1.29 is 9.59 Å². The van der Waals surface area contributed by atoms with E-state index in [1.807, 2.05) is 74.5 Å². The van der Waals surface area contributed by atoms with E-state index in [4.69, 9.17) is 0 Å². The molecule has 2 amide bonds. The summed E-state index contributed by atoms with van der Waals surface area (Å²) in [5.74, 6) is -0.232. The first-order chi connectivity index (χ1) is 13.5. The van der Waals surface area contributed by atoms with Crippen molar-refractivity contribution in [2.24, 2.45) is 0 Å². The normalized spacial score (nSPS) is 10.4. The molecule has 28 heavy (non-hydrogen) atoms. The molecule has 3 aromatic carbocycles. The minimum atomic E-state index is -0.116. The molecule has 0 aromatic heterocycles. The largest absolute Gasteiger partial charge is 0.324 e. The minimum Gasteiger partial charge on any atom is -0.324 e. The molecule has 4 heteroatoms. The summed E-state index contributed by atoms with van der Waals surface area (Å²) in [6.45, 7) is 3.98. The Morgan fingerprint density at radius 3 is 1.36 bits per heavy atom. The van der Waals surface area contributed by atoms with Crippen LogP contribution in [0, 0.1) is 13.8 Å². The van der Waals surface area contributed by atoms with E-state index in [1.165, 1.54) is 0 Å². The third-order valence-corrected chi connectivity index (χ3v) is 4.70. The molecule has 0 radical (unpaired) electrons. The molecule has 0 heterocycles. The van der Waals surface area contributed by atoms with E-state index >= 15 is 0 Å². The number of hydrogen-bond donors (Lipinski definition) is 2. The first-order valence-corrected chi connectivity index (χ1v) is 9.30. The number of carbonyl (C=O) groups is 2. The van der Waals surface area contributed by atoms with E-state index in [1.54, 1.807) is 12.1 Å². The molecule has 0 spiro atoms. The van der Waals surface area contributed by atoms with Crippen LogP contribution in [-0.4, -0.2) is 11.8 Å². The molecule has 0 unspecified atom stereocenters. The highest BCUT2D eigenvalue weighted by molar-refractivity contribution is 6.00. The van der Waals surface area contributed by atoms with Gasteiger partial charge in [0.05, 0.1) is 24.2 Å². The maximum atomic E-state index is 12.5. The lowest BCUT2D eigenvalue weighted by atomic mass is 10.1. The summed E-state index contributed by atoms with van der Waals surface area (Å²) >= 11 is 0. The van der Waals surface area contributed by atoms with Gasteiger partial charge >= 0.3 is 0 Å². The van der Waals surface area contributed by atoms with Gasteiger partial charge in [0, 0.05) is 0 Å². The Balaban J connectivity index is 1.67. The number of aryl methyl sites for hydroxylation is 2. The number of carbonyl (C=O) groups excluding carboxylic acids is 2. The monoisotopic (exact) mass is 372 g/mol. The third-order valence-electron chi connectivity index (χ3n) is 4.70. The second-order valence-corrected chi connectivity index (χ2v) is 6.85. The van der Waals surface area contributed by atoms with Crippen LogP contribution in [0.25, 0.3) is 0 Å². The Labute approximate surface area is 165 Å². The van der Waals surface area contributed by atoms with Crippen molar-refractivity contribution in [1.82, 2.24) is 0 Å². The average molecular weight is 372 g/mol. The Bertz CT molecular complexity index is 915. The van der Waals surface area contributed by atoms with Gasteiger partial charge < -0.3 is 10.6 Å². The second-order valence-electron chi connectivity index (χ2n) is 6.85. The molecule has 3 rings (SSSR count). The van der Waals surface area contributed by atoms with Crippen molar-refractivity contribution in [2.45, 2.75) is 26.7 Å². The molecule has 0 saturated heterocycles. The standard InChI is InChI=1S/C24H24N2O2/c1-17-9-3-5-11-19(17)15-23(27)25-21-13-7-8-14-22(21)26-24(28)16-20-12-6-4-10-18(20)2/h3-14H,15-16H2,1-2H3,(H,25,27)(H,26,28). The quantitative estimate of drug-likeness (QED) is 0.661. The lowest BCUT2D eigenvalue weighted by molar-refractivity contribution is -0.116. The number of benzene rings is 3. The van der Waals surface area contributed by atoms with Crippen LogP contribution in [0.15, 0.2) is 72.8 Å². The predicted octanol–water partition coefficient (Wildman–Crippen LogP) is 4.67. The maximum absolute atomic E-state index is 12.5. The molecule has 0 fully saturated rings. The van der Waals surface area contributed by atoms with Gasteiger partial charge in [-0.15, -0.1) is 0 Å². The lowest BCUT2D eigenvalue weighted by Crippen LogP contribution is -2.19. The number of para-hydroxylation sites is 2. The predicted molar refractivity (Wildman–Crippen MR) is 113 cm³/mol. The lowest BCUT2D eigenvalue weighted by Gasteiger charge is -2.13. The molecule has 0 aliphatic heterocycles. The summed E-state index contributed by atoms with van der Waals surface area (Å²) in [7, 11) is 0. The molecule has 2 N–H and O–H groups in total. The zero-order valence-electron chi connectivity index (χ0n) is 16.2. The number of amides is 2. The van der Waals surface area contributed by atoms with E-state index in [0.29, 0.717) is 11.4 Å². The van der Waals surface area contributed by atoms with Gasteiger partial charge in [-0.1, -0.05) is 60.7 Å². The van der Waals surface area contributed by atoms with E-state index in [-0.39, 0.29) is 24.7 Å². The van der Waals surface area contributed by atoms with Crippen LogP contribution >= 0.6 is 0 Å². The highest BCUT2D eigenvalue weighted by Crippen LogP contribution is 2.22. The van der Waals surface area contributed by atoms with Crippen LogP contribution in [0.4, 0.5) is 11.4 Å². The molecule has 0 aliphatic rings. The van der Waals surface area contributed by atoms with Gasteiger partial charge in [-0.3, -0.25) is 9.59 Å². The summed E-state index contributed by atoms with van der Waals surface area (Å²) < 4.78 is 0. The third kappa shape index (κ3) is 5.07. The summed E-state index contributed by atoms with van der Waals surface area (Å²) in [4.78, 5) is 25.0. The van der Waals surface area contributed by atoms with Gasteiger partial charge in [0.25, 0.3) is 0 Å². The van der Waals surface area contributed by atoms with Crippen LogP contribution in [0.3, 0.4) is 0 Å². The van der Waals surface area contributed by atoms with Gasteiger partial charge in [0.1, 0.15) is 0 Å². The fourth-order valence-electron chi connectivity index (χ4n) is 3.05. The molecule has 142 valence electrons. The van der Waals surface area contributed by atoms with Crippen molar-refractivity contribution in [3.63, 3.8) is 0 Å². The van der Waals surface area contributed by atoms with Gasteiger partial charge in [0.15, 0.2) is 0 Å². The zero-order chi connectivity index (χ0) is 19.9. The van der Waals surface area contributed by atoms with E-state index in [2.05, 4.69) is 10.6 Å². The molecular formula is C24H24N2O2. The average Bonchev–Trinajstić information content (AvgIpc) is 2.67. The van der Waals surface area contributed by atoms with Crippen LogP contribution in [0.1, 0.15) is 22.3 Å². The van der Waals surface area contributed by atoms with Crippen LogP contribution in [0.5, 0.6) is 0 Å². The van der Waals surface area contributed by atoms with Crippen molar-refractivity contribution in [1.29, 1.82) is 0 Å². The van der Waals surface area contributed by atoms with Crippen molar-refractivity contribution in [3.05, 3.63) is 95.1 Å².